The fourth-order valence-electron chi connectivity index (χ4n) is 1.74. The summed E-state index contributed by atoms with van der Waals surface area (Å²) in [4.78, 5) is 16.5. The van der Waals surface area contributed by atoms with Crippen LogP contribution in [0.4, 0.5) is 11.9 Å². The minimum absolute atomic E-state index is 0.0621. The molecular formula is C13H21N7O. The number of anilines is 2. The van der Waals surface area contributed by atoms with Crippen molar-refractivity contribution >= 4 is 11.9 Å². The summed E-state index contributed by atoms with van der Waals surface area (Å²) in [6.07, 6.45) is 5.95. The van der Waals surface area contributed by atoms with Gasteiger partial charge in [-0.1, -0.05) is 13.8 Å². The zero-order valence-corrected chi connectivity index (χ0v) is 12.6. The summed E-state index contributed by atoms with van der Waals surface area (Å²) in [5, 5.41) is 3.21. The standard InChI is InChI=1S/C13H21N7O/c1-13(2,4-7-21-3)8-16-11-17-10(14)18-12(19-11)20-6-5-15-9-20/h5-6,9H,4,7-8H2,1-3H3,(H3,14,16,17,18,19). The van der Waals surface area contributed by atoms with Crippen molar-refractivity contribution in [1.82, 2.24) is 24.5 Å². The predicted octanol–water partition coefficient (Wildman–Crippen LogP) is 1.11. The summed E-state index contributed by atoms with van der Waals surface area (Å²) < 4.78 is 6.80. The number of aromatic nitrogens is 5. The van der Waals surface area contributed by atoms with Gasteiger partial charge in [-0.2, -0.15) is 15.0 Å². The lowest BCUT2D eigenvalue weighted by Crippen LogP contribution is -2.25. The first-order valence-corrected chi connectivity index (χ1v) is 6.73. The molecule has 2 heterocycles. The molecule has 3 N–H and O–H groups in total. The first kappa shape index (κ1) is 15.2. The second-order valence-electron chi connectivity index (χ2n) is 5.55. The van der Waals surface area contributed by atoms with Gasteiger partial charge >= 0.3 is 0 Å². The van der Waals surface area contributed by atoms with E-state index in [1.165, 1.54) is 0 Å². The van der Waals surface area contributed by atoms with Gasteiger partial charge in [-0.25, -0.2) is 4.98 Å². The van der Waals surface area contributed by atoms with E-state index in [2.05, 4.69) is 39.1 Å². The van der Waals surface area contributed by atoms with Crippen LogP contribution in [0.2, 0.25) is 0 Å². The first-order valence-electron chi connectivity index (χ1n) is 6.73. The molecule has 0 saturated heterocycles. The molecule has 0 saturated carbocycles. The Morgan fingerprint density at radius 1 is 1.33 bits per heavy atom. The number of hydrogen-bond acceptors (Lipinski definition) is 7. The molecule has 0 aromatic carbocycles. The van der Waals surface area contributed by atoms with Gasteiger partial charge in [-0.05, 0) is 11.8 Å². The molecule has 8 heteroatoms. The van der Waals surface area contributed by atoms with E-state index in [4.69, 9.17) is 10.5 Å². The number of hydrogen-bond donors (Lipinski definition) is 2. The minimum atomic E-state index is 0.0621. The van der Waals surface area contributed by atoms with E-state index in [-0.39, 0.29) is 11.4 Å². The molecule has 0 aliphatic heterocycles. The zero-order chi connectivity index (χ0) is 15.3. The Morgan fingerprint density at radius 3 is 2.81 bits per heavy atom. The van der Waals surface area contributed by atoms with Crippen LogP contribution in [0.5, 0.6) is 0 Å². The SMILES string of the molecule is COCCC(C)(C)CNc1nc(N)nc(-n2ccnc2)n1. The number of nitrogens with two attached hydrogens (primary N) is 1. The Labute approximate surface area is 123 Å². The van der Waals surface area contributed by atoms with Crippen LogP contribution < -0.4 is 11.1 Å². The molecule has 2 rings (SSSR count). The maximum atomic E-state index is 5.73. The minimum Gasteiger partial charge on any atom is -0.385 e. The summed E-state index contributed by atoms with van der Waals surface area (Å²) >= 11 is 0. The Morgan fingerprint density at radius 2 is 2.14 bits per heavy atom. The van der Waals surface area contributed by atoms with Gasteiger partial charge in [0.2, 0.25) is 17.8 Å². The fourth-order valence-corrected chi connectivity index (χ4v) is 1.74. The first-order chi connectivity index (χ1) is 10.00. The lowest BCUT2D eigenvalue weighted by Gasteiger charge is -2.24. The Bertz CT molecular complexity index is 568. The lowest BCUT2D eigenvalue weighted by atomic mass is 9.90. The van der Waals surface area contributed by atoms with Crippen molar-refractivity contribution < 1.29 is 4.74 Å². The van der Waals surface area contributed by atoms with E-state index in [1.54, 1.807) is 30.4 Å². The molecule has 0 bridgehead atoms. The van der Waals surface area contributed by atoms with Crippen molar-refractivity contribution in [2.45, 2.75) is 20.3 Å². The fraction of sp³-hybridized carbons (Fsp3) is 0.538. The van der Waals surface area contributed by atoms with Crippen LogP contribution in [0.1, 0.15) is 20.3 Å². The highest BCUT2D eigenvalue weighted by molar-refractivity contribution is 5.35. The Hall–Kier alpha value is -2.22. The summed E-state index contributed by atoms with van der Waals surface area (Å²) in [7, 11) is 1.70. The summed E-state index contributed by atoms with van der Waals surface area (Å²) in [6.45, 7) is 5.73. The quantitative estimate of drug-likeness (QED) is 0.787. The summed E-state index contributed by atoms with van der Waals surface area (Å²) in [6, 6.07) is 0. The number of nitrogens with zero attached hydrogens (tertiary/aromatic N) is 5. The third-order valence-corrected chi connectivity index (χ3v) is 3.08. The number of nitrogen functional groups attached to an aromatic ring is 1. The van der Waals surface area contributed by atoms with Crippen LogP contribution in [0.15, 0.2) is 18.7 Å². The smallest absolute Gasteiger partial charge is 0.241 e. The Balaban J connectivity index is 2.07. The monoisotopic (exact) mass is 291 g/mol. The molecule has 0 unspecified atom stereocenters. The Kier molecular flexibility index (Phi) is 4.69. The molecule has 0 atom stereocenters. The number of methoxy groups -OCH3 is 1. The molecule has 0 aliphatic rings. The molecule has 2 aromatic heterocycles. The van der Waals surface area contributed by atoms with Crippen LogP contribution in [0, 0.1) is 5.41 Å². The lowest BCUT2D eigenvalue weighted by molar-refractivity contribution is 0.157. The highest BCUT2D eigenvalue weighted by Crippen LogP contribution is 2.20. The van der Waals surface area contributed by atoms with Crippen molar-refractivity contribution in [1.29, 1.82) is 0 Å². The average Bonchev–Trinajstić information content (AvgIpc) is 2.97. The zero-order valence-electron chi connectivity index (χ0n) is 12.6. The van der Waals surface area contributed by atoms with Crippen LogP contribution in [0.3, 0.4) is 0 Å². The van der Waals surface area contributed by atoms with Crippen molar-refractivity contribution in [2.24, 2.45) is 5.41 Å². The maximum absolute atomic E-state index is 5.73. The number of nitrogens with one attached hydrogen (secondary N) is 1. The van der Waals surface area contributed by atoms with E-state index >= 15 is 0 Å². The second-order valence-corrected chi connectivity index (χ2v) is 5.55. The number of rotatable bonds is 7. The highest BCUT2D eigenvalue weighted by Gasteiger charge is 2.18. The van der Waals surface area contributed by atoms with Gasteiger partial charge in [0.05, 0.1) is 0 Å². The predicted molar refractivity (Wildman–Crippen MR) is 80.1 cm³/mol. The van der Waals surface area contributed by atoms with Gasteiger partial charge in [-0.15, -0.1) is 0 Å². The molecule has 0 aliphatic carbocycles. The van der Waals surface area contributed by atoms with Gasteiger partial charge in [0, 0.05) is 32.7 Å². The van der Waals surface area contributed by atoms with E-state index in [0.29, 0.717) is 25.0 Å². The molecule has 21 heavy (non-hydrogen) atoms. The molecule has 114 valence electrons. The van der Waals surface area contributed by atoms with Crippen molar-refractivity contribution in [2.75, 3.05) is 31.3 Å². The van der Waals surface area contributed by atoms with Crippen molar-refractivity contribution in [3.05, 3.63) is 18.7 Å². The van der Waals surface area contributed by atoms with Gasteiger partial charge in [0.1, 0.15) is 6.33 Å². The number of imidazole rings is 1. The van der Waals surface area contributed by atoms with E-state index in [0.717, 1.165) is 6.42 Å². The highest BCUT2D eigenvalue weighted by atomic mass is 16.5. The number of ether oxygens (including phenoxy) is 1. The van der Waals surface area contributed by atoms with Gasteiger partial charge < -0.3 is 15.8 Å². The van der Waals surface area contributed by atoms with Crippen molar-refractivity contribution in [3.63, 3.8) is 0 Å². The summed E-state index contributed by atoms with van der Waals surface area (Å²) in [5.41, 5.74) is 5.79. The topological polar surface area (TPSA) is 104 Å². The van der Waals surface area contributed by atoms with Crippen LogP contribution >= 0.6 is 0 Å². The van der Waals surface area contributed by atoms with E-state index in [9.17, 15) is 0 Å². The third-order valence-electron chi connectivity index (χ3n) is 3.08. The van der Waals surface area contributed by atoms with Crippen LogP contribution in [-0.4, -0.2) is 44.8 Å². The molecule has 0 radical (unpaired) electrons. The summed E-state index contributed by atoms with van der Waals surface area (Å²) in [5.74, 6) is 1.07. The van der Waals surface area contributed by atoms with Crippen LogP contribution in [-0.2, 0) is 4.74 Å². The molecule has 0 spiro atoms. The maximum Gasteiger partial charge on any atom is 0.241 e. The van der Waals surface area contributed by atoms with Crippen molar-refractivity contribution in [3.8, 4) is 5.95 Å². The second kappa shape index (κ2) is 6.49. The van der Waals surface area contributed by atoms with Crippen LogP contribution in [0.25, 0.3) is 5.95 Å². The third kappa shape index (κ3) is 4.38. The van der Waals surface area contributed by atoms with E-state index < -0.39 is 0 Å². The van der Waals surface area contributed by atoms with Gasteiger partial charge in [0.15, 0.2) is 0 Å². The largest absolute Gasteiger partial charge is 0.385 e. The molecule has 2 aromatic rings. The normalized spacial score (nSPS) is 11.6. The average molecular weight is 291 g/mol. The molecule has 0 amide bonds. The van der Waals surface area contributed by atoms with Gasteiger partial charge in [0.25, 0.3) is 0 Å². The molecular weight excluding hydrogens is 270 g/mol. The molecule has 8 nitrogen and oxygen atoms in total. The van der Waals surface area contributed by atoms with Gasteiger partial charge in [-0.3, -0.25) is 4.57 Å². The molecule has 0 fully saturated rings. The van der Waals surface area contributed by atoms with E-state index in [1.807, 2.05) is 0 Å².